The van der Waals surface area contributed by atoms with Gasteiger partial charge in [-0.1, -0.05) is 24.3 Å². The van der Waals surface area contributed by atoms with Crippen LogP contribution in [0.2, 0.25) is 0 Å². The Bertz CT molecular complexity index is 1510. The van der Waals surface area contributed by atoms with Gasteiger partial charge in [0, 0.05) is 54.6 Å². The Morgan fingerprint density at radius 2 is 1.73 bits per heavy atom. The van der Waals surface area contributed by atoms with Gasteiger partial charge in [0.05, 0.1) is 17.4 Å². The van der Waals surface area contributed by atoms with E-state index in [4.69, 9.17) is 0 Å². The summed E-state index contributed by atoms with van der Waals surface area (Å²) >= 11 is 0. The van der Waals surface area contributed by atoms with Crippen LogP contribution in [0.3, 0.4) is 0 Å². The van der Waals surface area contributed by atoms with E-state index in [9.17, 15) is 4.79 Å². The molecule has 33 heavy (non-hydrogen) atoms. The molecule has 0 bridgehead atoms. The van der Waals surface area contributed by atoms with Crippen LogP contribution < -0.4 is 0 Å². The fraction of sp³-hybridized carbons (Fsp3) is 0.185. The van der Waals surface area contributed by atoms with Crippen molar-refractivity contribution in [3.63, 3.8) is 0 Å². The molecule has 1 fully saturated rings. The van der Waals surface area contributed by atoms with Crippen LogP contribution in [-0.2, 0) is 5.41 Å². The number of benzene rings is 2. The summed E-state index contributed by atoms with van der Waals surface area (Å²) in [6, 6.07) is 18.3. The number of amides is 1. The number of carbonyl (C=O) groups is 1. The minimum Gasteiger partial charge on any atom is -0.345 e. The molecule has 0 unspecified atom stereocenters. The second-order valence-electron chi connectivity index (χ2n) is 8.93. The van der Waals surface area contributed by atoms with Gasteiger partial charge in [0.15, 0.2) is 0 Å². The molecule has 6 nitrogen and oxygen atoms in total. The van der Waals surface area contributed by atoms with Gasteiger partial charge in [-0.15, -0.1) is 0 Å². The number of fused-ring (bicyclic) bond motifs is 2. The van der Waals surface area contributed by atoms with Crippen LogP contribution in [0.4, 0.5) is 0 Å². The lowest BCUT2D eigenvalue weighted by Crippen LogP contribution is -2.21. The predicted octanol–water partition coefficient (Wildman–Crippen LogP) is 4.73. The lowest BCUT2D eigenvalue weighted by atomic mass is 9.91. The monoisotopic (exact) mass is 433 g/mol. The Morgan fingerprint density at radius 1 is 0.939 bits per heavy atom. The number of hydrogen-bond acceptors (Lipinski definition) is 4. The first-order valence-corrected chi connectivity index (χ1v) is 11.1. The molecule has 0 radical (unpaired) electrons. The number of hydrogen-bond donors (Lipinski definition) is 0. The number of nitrogens with zero attached hydrogens (tertiary/aromatic N) is 5. The predicted molar refractivity (Wildman–Crippen MR) is 128 cm³/mol. The van der Waals surface area contributed by atoms with E-state index in [1.807, 2.05) is 48.9 Å². The van der Waals surface area contributed by atoms with E-state index in [1.54, 1.807) is 19.0 Å². The minimum atomic E-state index is -0.0499. The lowest BCUT2D eigenvalue weighted by Gasteiger charge is -2.17. The molecule has 0 N–H and O–H groups in total. The maximum atomic E-state index is 12.2. The molecule has 0 aliphatic heterocycles. The third kappa shape index (κ3) is 3.18. The van der Waals surface area contributed by atoms with Crippen LogP contribution in [-0.4, -0.2) is 44.3 Å². The molecule has 2 aromatic carbocycles. The third-order valence-corrected chi connectivity index (χ3v) is 6.63. The molecular formula is C27H23N5O. The zero-order valence-corrected chi connectivity index (χ0v) is 18.6. The first-order chi connectivity index (χ1) is 16.0. The summed E-state index contributed by atoms with van der Waals surface area (Å²) < 4.78 is 2.12. The topological polar surface area (TPSA) is 63.4 Å². The number of carbonyl (C=O) groups excluding carboxylic acids is 1. The molecule has 6 rings (SSSR count). The van der Waals surface area contributed by atoms with E-state index in [1.165, 1.54) is 5.56 Å². The van der Waals surface area contributed by atoms with Crippen LogP contribution in [0.15, 0.2) is 79.4 Å². The molecule has 0 saturated heterocycles. The highest BCUT2D eigenvalue weighted by molar-refractivity contribution is 5.94. The summed E-state index contributed by atoms with van der Waals surface area (Å²) in [4.78, 5) is 27.5. The highest BCUT2D eigenvalue weighted by Crippen LogP contribution is 2.53. The zero-order valence-electron chi connectivity index (χ0n) is 18.6. The van der Waals surface area contributed by atoms with Crippen molar-refractivity contribution >= 4 is 22.6 Å². The molecule has 1 saturated carbocycles. The Balaban J connectivity index is 1.41. The Morgan fingerprint density at radius 3 is 2.48 bits per heavy atom. The van der Waals surface area contributed by atoms with Crippen molar-refractivity contribution in [1.82, 2.24) is 24.3 Å². The maximum absolute atomic E-state index is 12.2. The van der Waals surface area contributed by atoms with Crippen molar-refractivity contribution in [3.8, 4) is 11.1 Å². The largest absolute Gasteiger partial charge is 0.345 e. The normalized spacial score (nSPS) is 14.5. The standard InChI is InChI=1S/C27H23N5O/c1-31(2)25(33)19-7-5-18(6-8-19)21-15-29-26-30-16-24(32(26)17-21)27(11-12-27)22-9-10-23-20(14-22)4-3-13-28-23/h3-10,13-17H,11-12H2,1-2H3. The SMILES string of the molecule is CN(C)C(=O)c1ccc(-c2cnc3ncc(C4(c5ccc6ncccc6c5)CC4)n3c2)cc1. The molecule has 1 amide bonds. The lowest BCUT2D eigenvalue weighted by molar-refractivity contribution is 0.0827. The maximum Gasteiger partial charge on any atom is 0.253 e. The van der Waals surface area contributed by atoms with Crippen molar-refractivity contribution in [3.05, 3.63) is 96.2 Å². The Kier molecular flexibility index (Phi) is 4.30. The van der Waals surface area contributed by atoms with Gasteiger partial charge in [0.25, 0.3) is 5.91 Å². The zero-order chi connectivity index (χ0) is 22.6. The Hall–Kier alpha value is -4.06. The first-order valence-electron chi connectivity index (χ1n) is 11.1. The first kappa shape index (κ1) is 19.6. The fourth-order valence-corrected chi connectivity index (χ4v) is 4.63. The summed E-state index contributed by atoms with van der Waals surface area (Å²) in [7, 11) is 3.52. The van der Waals surface area contributed by atoms with Gasteiger partial charge in [-0.05, 0) is 54.3 Å². The number of imidazole rings is 1. The van der Waals surface area contributed by atoms with Gasteiger partial charge in [-0.2, -0.15) is 0 Å². The van der Waals surface area contributed by atoms with Crippen LogP contribution in [0.25, 0.3) is 27.8 Å². The van der Waals surface area contributed by atoms with E-state index in [0.29, 0.717) is 11.3 Å². The minimum absolute atomic E-state index is 0.00622. The molecular weight excluding hydrogens is 410 g/mol. The second-order valence-corrected chi connectivity index (χ2v) is 8.93. The Labute approximate surface area is 191 Å². The van der Waals surface area contributed by atoms with Crippen LogP contribution in [0, 0.1) is 0 Å². The highest BCUT2D eigenvalue weighted by Gasteiger charge is 2.48. The van der Waals surface area contributed by atoms with Crippen molar-refractivity contribution < 1.29 is 4.79 Å². The average molecular weight is 434 g/mol. The average Bonchev–Trinajstić information content (AvgIpc) is 3.55. The van der Waals surface area contributed by atoms with Crippen molar-refractivity contribution in [2.45, 2.75) is 18.3 Å². The molecule has 3 aromatic heterocycles. The molecule has 3 heterocycles. The van der Waals surface area contributed by atoms with Gasteiger partial charge in [-0.25, -0.2) is 9.97 Å². The highest BCUT2D eigenvalue weighted by atomic mass is 16.2. The van der Waals surface area contributed by atoms with Crippen LogP contribution in [0.1, 0.15) is 34.5 Å². The van der Waals surface area contributed by atoms with Crippen molar-refractivity contribution in [2.24, 2.45) is 0 Å². The van der Waals surface area contributed by atoms with E-state index in [2.05, 4.69) is 49.8 Å². The quantitative estimate of drug-likeness (QED) is 0.411. The van der Waals surface area contributed by atoms with E-state index >= 15 is 0 Å². The number of pyridine rings is 1. The molecule has 1 aliphatic rings. The summed E-state index contributed by atoms with van der Waals surface area (Å²) in [5.74, 6) is 0.690. The second kappa shape index (κ2) is 7.24. The number of rotatable bonds is 4. The van der Waals surface area contributed by atoms with E-state index in [-0.39, 0.29) is 11.3 Å². The van der Waals surface area contributed by atoms with Gasteiger partial charge < -0.3 is 4.90 Å². The van der Waals surface area contributed by atoms with Crippen LogP contribution in [0.5, 0.6) is 0 Å². The molecule has 0 atom stereocenters. The molecule has 6 heteroatoms. The van der Waals surface area contributed by atoms with Gasteiger partial charge in [0.2, 0.25) is 5.78 Å². The van der Waals surface area contributed by atoms with E-state index in [0.717, 1.165) is 40.6 Å². The van der Waals surface area contributed by atoms with Crippen LogP contribution >= 0.6 is 0 Å². The number of aromatic nitrogens is 4. The van der Waals surface area contributed by atoms with E-state index < -0.39 is 0 Å². The van der Waals surface area contributed by atoms with Crippen molar-refractivity contribution in [1.29, 1.82) is 0 Å². The summed E-state index contributed by atoms with van der Waals surface area (Å²) in [6.07, 6.45) is 9.91. The molecule has 1 aliphatic carbocycles. The smallest absolute Gasteiger partial charge is 0.253 e. The summed E-state index contributed by atoms with van der Waals surface area (Å²) in [5.41, 5.74) is 6.09. The molecule has 0 spiro atoms. The summed E-state index contributed by atoms with van der Waals surface area (Å²) in [6.45, 7) is 0. The molecule has 5 aromatic rings. The van der Waals surface area contributed by atoms with Crippen molar-refractivity contribution in [2.75, 3.05) is 14.1 Å². The van der Waals surface area contributed by atoms with Gasteiger partial charge >= 0.3 is 0 Å². The van der Waals surface area contributed by atoms with Gasteiger partial charge in [-0.3, -0.25) is 14.2 Å². The third-order valence-electron chi connectivity index (χ3n) is 6.63. The summed E-state index contributed by atoms with van der Waals surface area (Å²) in [5, 5.41) is 1.15. The fourth-order valence-electron chi connectivity index (χ4n) is 4.63. The van der Waals surface area contributed by atoms with Gasteiger partial charge in [0.1, 0.15) is 0 Å². The molecule has 162 valence electrons.